The molecule has 2 N–H and O–H groups in total. The summed E-state index contributed by atoms with van der Waals surface area (Å²) in [4.78, 5) is 0. The maximum atomic E-state index is 5.28. The first-order chi connectivity index (χ1) is 7.22. The molecule has 1 aliphatic carbocycles. The van der Waals surface area contributed by atoms with E-state index >= 15 is 0 Å². The molecule has 1 aliphatic heterocycles. The average Bonchev–Trinajstić information content (AvgIpc) is 2.17. The Hall–Kier alpha value is -0.120. The summed E-state index contributed by atoms with van der Waals surface area (Å²) < 4.78 is 5.28. The molecule has 0 spiro atoms. The van der Waals surface area contributed by atoms with E-state index in [1.807, 2.05) is 7.11 Å². The summed E-state index contributed by atoms with van der Waals surface area (Å²) in [6.07, 6.45) is 6.90. The van der Waals surface area contributed by atoms with Crippen molar-refractivity contribution in [1.82, 2.24) is 10.6 Å². The molecule has 2 rings (SSSR count). The summed E-state index contributed by atoms with van der Waals surface area (Å²) in [5, 5.41) is 7.28. The van der Waals surface area contributed by atoms with Gasteiger partial charge in [0.15, 0.2) is 0 Å². The monoisotopic (exact) mass is 212 g/mol. The fourth-order valence-corrected chi connectivity index (χ4v) is 2.56. The Bertz CT molecular complexity index is 196. The molecule has 88 valence electrons. The van der Waals surface area contributed by atoms with Crippen LogP contribution in [-0.2, 0) is 4.74 Å². The predicted octanol–water partition coefficient (Wildman–Crippen LogP) is 1.29. The van der Waals surface area contributed by atoms with Crippen molar-refractivity contribution in [3.63, 3.8) is 0 Å². The smallest absolute Gasteiger partial charge is 0.0601 e. The highest BCUT2D eigenvalue weighted by molar-refractivity contribution is 4.93. The van der Waals surface area contributed by atoms with E-state index < -0.39 is 0 Å². The molecule has 1 heterocycles. The number of methoxy groups -OCH3 is 1. The molecule has 1 saturated heterocycles. The molecule has 1 unspecified atom stereocenters. The van der Waals surface area contributed by atoms with E-state index in [0.29, 0.717) is 17.7 Å². The molecule has 0 bridgehead atoms. The molecule has 0 aromatic carbocycles. The highest BCUT2D eigenvalue weighted by Crippen LogP contribution is 2.24. The number of piperidine rings is 1. The van der Waals surface area contributed by atoms with Gasteiger partial charge >= 0.3 is 0 Å². The second-order valence-electron chi connectivity index (χ2n) is 5.35. The second-order valence-corrected chi connectivity index (χ2v) is 5.35. The summed E-state index contributed by atoms with van der Waals surface area (Å²) in [6.45, 7) is 4.63. The van der Waals surface area contributed by atoms with E-state index in [2.05, 4.69) is 17.6 Å². The molecule has 1 saturated carbocycles. The number of hydrogen-bond acceptors (Lipinski definition) is 3. The normalized spacial score (nSPS) is 41.2. The van der Waals surface area contributed by atoms with Crippen molar-refractivity contribution in [2.45, 2.75) is 56.7 Å². The van der Waals surface area contributed by atoms with Crippen LogP contribution in [0.2, 0.25) is 0 Å². The fourth-order valence-electron chi connectivity index (χ4n) is 2.56. The molecule has 3 nitrogen and oxygen atoms in total. The van der Waals surface area contributed by atoms with Crippen molar-refractivity contribution in [3.8, 4) is 0 Å². The molecule has 0 radical (unpaired) electrons. The third kappa shape index (κ3) is 2.92. The van der Waals surface area contributed by atoms with Crippen molar-refractivity contribution in [2.24, 2.45) is 0 Å². The lowest BCUT2D eigenvalue weighted by Gasteiger charge is -2.40. The van der Waals surface area contributed by atoms with Gasteiger partial charge in [0.05, 0.1) is 6.10 Å². The van der Waals surface area contributed by atoms with Crippen LogP contribution in [0, 0.1) is 0 Å². The topological polar surface area (TPSA) is 33.3 Å². The summed E-state index contributed by atoms with van der Waals surface area (Å²) in [5.74, 6) is 0. The van der Waals surface area contributed by atoms with Crippen molar-refractivity contribution >= 4 is 0 Å². The zero-order chi connectivity index (χ0) is 10.7. The van der Waals surface area contributed by atoms with Gasteiger partial charge in [0, 0.05) is 25.2 Å². The molecule has 0 amide bonds. The van der Waals surface area contributed by atoms with Gasteiger partial charge in [-0.2, -0.15) is 0 Å². The van der Waals surface area contributed by atoms with Crippen molar-refractivity contribution < 1.29 is 4.74 Å². The second kappa shape index (κ2) is 4.81. The molecular weight excluding hydrogens is 188 g/mol. The maximum Gasteiger partial charge on any atom is 0.0601 e. The Labute approximate surface area is 93.0 Å². The van der Waals surface area contributed by atoms with E-state index in [4.69, 9.17) is 4.74 Å². The standard InChI is InChI=1S/C12H24N2O/c1-12(5-3-4-6-14-12)9-13-10-7-11(8-10)15-2/h10-11,13-14H,3-9H2,1-2H3. The van der Waals surface area contributed by atoms with E-state index in [1.54, 1.807) is 0 Å². The molecule has 1 atom stereocenters. The van der Waals surface area contributed by atoms with Crippen LogP contribution < -0.4 is 10.6 Å². The number of nitrogens with one attached hydrogen (secondary N) is 2. The molecule has 15 heavy (non-hydrogen) atoms. The van der Waals surface area contributed by atoms with Gasteiger partial charge in [-0.15, -0.1) is 0 Å². The quantitative estimate of drug-likeness (QED) is 0.736. The van der Waals surface area contributed by atoms with Crippen LogP contribution in [0.1, 0.15) is 39.0 Å². The van der Waals surface area contributed by atoms with Crippen molar-refractivity contribution in [3.05, 3.63) is 0 Å². The Morgan fingerprint density at radius 2 is 2.20 bits per heavy atom. The minimum Gasteiger partial charge on any atom is -0.381 e. The summed E-state index contributed by atoms with van der Waals surface area (Å²) in [6, 6.07) is 0.690. The number of rotatable bonds is 4. The molecule has 0 aromatic rings. The van der Waals surface area contributed by atoms with Gasteiger partial charge in [-0.3, -0.25) is 0 Å². The van der Waals surface area contributed by atoms with Crippen molar-refractivity contribution in [1.29, 1.82) is 0 Å². The summed E-state index contributed by atoms with van der Waals surface area (Å²) in [5.41, 5.74) is 0.330. The average molecular weight is 212 g/mol. The Morgan fingerprint density at radius 1 is 1.40 bits per heavy atom. The maximum absolute atomic E-state index is 5.28. The molecule has 3 heteroatoms. The zero-order valence-electron chi connectivity index (χ0n) is 10.0. The predicted molar refractivity (Wildman–Crippen MR) is 62.1 cm³/mol. The molecule has 0 aromatic heterocycles. The molecule has 2 fully saturated rings. The van der Waals surface area contributed by atoms with Crippen LogP contribution >= 0.6 is 0 Å². The Balaban J connectivity index is 1.65. The van der Waals surface area contributed by atoms with Crippen LogP contribution in [0.25, 0.3) is 0 Å². The fraction of sp³-hybridized carbons (Fsp3) is 1.00. The van der Waals surface area contributed by atoms with Gasteiger partial charge in [0.2, 0.25) is 0 Å². The number of ether oxygens (including phenoxy) is 1. The lowest BCUT2D eigenvalue weighted by atomic mass is 9.86. The first-order valence-electron chi connectivity index (χ1n) is 6.23. The minimum atomic E-state index is 0.330. The summed E-state index contributed by atoms with van der Waals surface area (Å²) in [7, 11) is 1.81. The van der Waals surface area contributed by atoms with Gasteiger partial charge in [-0.25, -0.2) is 0 Å². The third-order valence-corrected chi connectivity index (χ3v) is 3.92. The van der Waals surface area contributed by atoms with E-state index in [0.717, 1.165) is 6.54 Å². The highest BCUT2D eigenvalue weighted by atomic mass is 16.5. The van der Waals surface area contributed by atoms with Gasteiger partial charge in [-0.05, 0) is 39.2 Å². The van der Waals surface area contributed by atoms with Gasteiger partial charge in [0.1, 0.15) is 0 Å². The molecular formula is C12H24N2O. The minimum absolute atomic E-state index is 0.330. The van der Waals surface area contributed by atoms with Crippen LogP contribution in [0.15, 0.2) is 0 Å². The lowest BCUT2D eigenvalue weighted by molar-refractivity contribution is 0.0151. The van der Waals surface area contributed by atoms with E-state index in [1.165, 1.54) is 38.6 Å². The SMILES string of the molecule is COC1CC(NCC2(C)CCCCN2)C1. The third-order valence-electron chi connectivity index (χ3n) is 3.92. The van der Waals surface area contributed by atoms with Crippen molar-refractivity contribution in [2.75, 3.05) is 20.2 Å². The van der Waals surface area contributed by atoms with Gasteiger partial charge in [-0.1, -0.05) is 6.42 Å². The zero-order valence-corrected chi connectivity index (χ0v) is 10.0. The van der Waals surface area contributed by atoms with Crippen LogP contribution in [0.3, 0.4) is 0 Å². The number of hydrogen-bond donors (Lipinski definition) is 2. The van der Waals surface area contributed by atoms with Gasteiger partial charge < -0.3 is 15.4 Å². The highest BCUT2D eigenvalue weighted by Gasteiger charge is 2.32. The largest absolute Gasteiger partial charge is 0.381 e. The Morgan fingerprint density at radius 3 is 2.80 bits per heavy atom. The van der Waals surface area contributed by atoms with Crippen LogP contribution in [0.4, 0.5) is 0 Å². The summed E-state index contributed by atoms with van der Waals surface area (Å²) >= 11 is 0. The van der Waals surface area contributed by atoms with Gasteiger partial charge in [0.25, 0.3) is 0 Å². The first-order valence-corrected chi connectivity index (χ1v) is 6.23. The first kappa shape index (κ1) is 11.4. The van der Waals surface area contributed by atoms with E-state index in [-0.39, 0.29) is 0 Å². The van der Waals surface area contributed by atoms with Crippen LogP contribution in [0.5, 0.6) is 0 Å². The molecule has 2 aliphatic rings. The Kier molecular flexibility index (Phi) is 3.65. The van der Waals surface area contributed by atoms with Crippen LogP contribution in [-0.4, -0.2) is 37.9 Å². The van der Waals surface area contributed by atoms with E-state index in [9.17, 15) is 0 Å². The lowest BCUT2D eigenvalue weighted by Crippen LogP contribution is -2.56.